The minimum atomic E-state index is 0.445. The number of nitrogens with two attached hydrogens (primary N) is 1. The molecule has 0 atom stereocenters. The summed E-state index contributed by atoms with van der Waals surface area (Å²) >= 11 is 3.43. The van der Waals surface area contributed by atoms with Gasteiger partial charge in [0.05, 0.1) is 17.6 Å². The van der Waals surface area contributed by atoms with Gasteiger partial charge in [-0.15, -0.1) is 6.58 Å². The highest BCUT2D eigenvalue weighted by molar-refractivity contribution is 9.10. The van der Waals surface area contributed by atoms with Crippen LogP contribution in [-0.2, 0) is 13.1 Å². The van der Waals surface area contributed by atoms with Crippen LogP contribution in [0.1, 0.15) is 5.82 Å². The van der Waals surface area contributed by atoms with E-state index >= 15 is 0 Å². The van der Waals surface area contributed by atoms with Crippen LogP contribution in [0.4, 0.5) is 0 Å². The maximum atomic E-state index is 5.65. The van der Waals surface area contributed by atoms with Crippen molar-refractivity contribution < 1.29 is 0 Å². The quantitative estimate of drug-likeness (QED) is 0.867. The van der Waals surface area contributed by atoms with Crippen LogP contribution in [0.3, 0.4) is 0 Å². The maximum Gasteiger partial charge on any atom is 0.123 e. The first-order valence-electron chi connectivity index (χ1n) is 4.72. The zero-order chi connectivity index (χ0) is 10.8. The molecule has 2 N–H and O–H groups in total. The summed E-state index contributed by atoms with van der Waals surface area (Å²) < 4.78 is 3.11. The Kier molecular flexibility index (Phi) is 2.88. The minimum absolute atomic E-state index is 0.445. The summed E-state index contributed by atoms with van der Waals surface area (Å²) in [6, 6.07) is 6.03. The first-order chi connectivity index (χ1) is 7.26. The molecule has 0 saturated carbocycles. The third-order valence-electron chi connectivity index (χ3n) is 2.28. The number of allylic oxidation sites excluding steroid dienone is 1. The van der Waals surface area contributed by atoms with Gasteiger partial charge in [-0.3, -0.25) is 0 Å². The van der Waals surface area contributed by atoms with Gasteiger partial charge in [-0.05, 0) is 18.2 Å². The Balaban J connectivity index is 2.68. The van der Waals surface area contributed by atoms with Gasteiger partial charge in [0.1, 0.15) is 5.82 Å². The smallest absolute Gasteiger partial charge is 0.123 e. The maximum absolute atomic E-state index is 5.65. The molecule has 0 spiro atoms. The molecular weight excluding hydrogens is 254 g/mol. The number of nitrogens with zero attached hydrogens (tertiary/aromatic N) is 2. The van der Waals surface area contributed by atoms with Crippen molar-refractivity contribution in [2.75, 3.05) is 0 Å². The van der Waals surface area contributed by atoms with Gasteiger partial charge in [0.2, 0.25) is 0 Å². The Bertz CT molecular complexity index is 502. The summed E-state index contributed by atoms with van der Waals surface area (Å²) in [6.45, 7) is 4.92. The molecule has 2 rings (SSSR count). The second-order valence-electron chi connectivity index (χ2n) is 3.26. The van der Waals surface area contributed by atoms with E-state index in [9.17, 15) is 0 Å². The molecular formula is C11H12BrN3. The standard InChI is InChI=1S/C11H12BrN3/c1-2-5-15-10-4-3-8(12)6-9(10)14-11(15)7-13/h2-4,6H,1,5,7,13H2. The number of imidazole rings is 1. The fraction of sp³-hybridized carbons (Fsp3) is 0.182. The van der Waals surface area contributed by atoms with Crippen LogP contribution in [0.2, 0.25) is 0 Å². The highest BCUT2D eigenvalue weighted by Gasteiger charge is 2.07. The van der Waals surface area contributed by atoms with Crippen molar-refractivity contribution in [1.82, 2.24) is 9.55 Å². The van der Waals surface area contributed by atoms with Crippen molar-refractivity contribution in [2.24, 2.45) is 5.73 Å². The van der Waals surface area contributed by atoms with Gasteiger partial charge in [-0.1, -0.05) is 22.0 Å². The molecule has 1 heterocycles. The number of hydrogen-bond acceptors (Lipinski definition) is 2. The molecule has 0 aliphatic carbocycles. The van der Waals surface area contributed by atoms with E-state index in [0.717, 1.165) is 27.9 Å². The molecule has 3 nitrogen and oxygen atoms in total. The van der Waals surface area contributed by atoms with Crippen molar-refractivity contribution in [2.45, 2.75) is 13.1 Å². The number of benzene rings is 1. The molecule has 0 radical (unpaired) electrons. The second kappa shape index (κ2) is 4.16. The lowest BCUT2D eigenvalue weighted by Crippen LogP contribution is -2.07. The Morgan fingerprint density at radius 3 is 3.00 bits per heavy atom. The van der Waals surface area contributed by atoms with E-state index in [2.05, 4.69) is 32.1 Å². The monoisotopic (exact) mass is 265 g/mol. The van der Waals surface area contributed by atoms with Gasteiger partial charge < -0.3 is 10.3 Å². The van der Waals surface area contributed by atoms with E-state index in [1.807, 2.05) is 24.3 Å². The summed E-state index contributed by atoms with van der Waals surface area (Å²) in [4.78, 5) is 4.47. The molecule has 1 aromatic carbocycles. The molecule has 0 fully saturated rings. The van der Waals surface area contributed by atoms with Crippen molar-refractivity contribution in [3.63, 3.8) is 0 Å². The Hall–Kier alpha value is -1.13. The summed E-state index contributed by atoms with van der Waals surface area (Å²) in [7, 11) is 0. The summed E-state index contributed by atoms with van der Waals surface area (Å²) in [5.74, 6) is 0.892. The minimum Gasteiger partial charge on any atom is -0.324 e. The second-order valence-corrected chi connectivity index (χ2v) is 4.18. The van der Waals surface area contributed by atoms with Crippen LogP contribution < -0.4 is 5.73 Å². The van der Waals surface area contributed by atoms with E-state index in [1.165, 1.54) is 0 Å². The summed E-state index contributed by atoms with van der Waals surface area (Å²) in [5, 5.41) is 0. The van der Waals surface area contributed by atoms with E-state index in [4.69, 9.17) is 5.73 Å². The number of halogens is 1. The molecule has 1 aromatic heterocycles. The molecule has 78 valence electrons. The zero-order valence-corrected chi connectivity index (χ0v) is 9.87. The summed E-state index contributed by atoms with van der Waals surface area (Å²) in [5.41, 5.74) is 7.71. The van der Waals surface area contributed by atoms with Crippen LogP contribution in [-0.4, -0.2) is 9.55 Å². The van der Waals surface area contributed by atoms with Crippen molar-refractivity contribution in [3.8, 4) is 0 Å². The molecule has 2 aromatic rings. The molecule has 0 unspecified atom stereocenters. The number of aromatic nitrogens is 2. The largest absolute Gasteiger partial charge is 0.324 e. The number of rotatable bonds is 3. The highest BCUT2D eigenvalue weighted by Crippen LogP contribution is 2.20. The van der Waals surface area contributed by atoms with E-state index in [0.29, 0.717) is 6.54 Å². The Morgan fingerprint density at radius 2 is 2.33 bits per heavy atom. The average molecular weight is 266 g/mol. The normalized spacial score (nSPS) is 10.8. The molecule has 0 aliphatic rings. The third-order valence-corrected chi connectivity index (χ3v) is 2.78. The molecule has 0 bridgehead atoms. The lowest BCUT2D eigenvalue weighted by atomic mass is 10.3. The van der Waals surface area contributed by atoms with Gasteiger partial charge in [0.25, 0.3) is 0 Å². The van der Waals surface area contributed by atoms with Crippen LogP contribution in [0.15, 0.2) is 35.3 Å². The Morgan fingerprint density at radius 1 is 1.53 bits per heavy atom. The van der Waals surface area contributed by atoms with Crippen molar-refractivity contribution >= 4 is 27.0 Å². The molecule has 15 heavy (non-hydrogen) atoms. The third kappa shape index (κ3) is 1.82. The van der Waals surface area contributed by atoms with Gasteiger partial charge in [-0.25, -0.2) is 4.98 Å². The van der Waals surface area contributed by atoms with Crippen molar-refractivity contribution in [1.29, 1.82) is 0 Å². The Labute approximate surface area is 96.7 Å². The predicted octanol–water partition coefficient (Wildman–Crippen LogP) is 2.44. The lowest BCUT2D eigenvalue weighted by molar-refractivity contribution is 0.759. The first-order valence-corrected chi connectivity index (χ1v) is 5.51. The average Bonchev–Trinajstić information content (AvgIpc) is 2.56. The molecule has 0 aliphatic heterocycles. The predicted molar refractivity (Wildman–Crippen MR) is 65.5 cm³/mol. The molecule has 4 heteroatoms. The SMILES string of the molecule is C=CCn1c(CN)nc2cc(Br)ccc21. The topological polar surface area (TPSA) is 43.8 Å². The van der Waals surface area contributed by atoms with Crippen LogP contribution in [0.25, 0.3) is 11.0 Å². The fourth-order valence-corrected chi connectivity index (χ4v) is 1.99. The van der Waals surface area contributed by atoms with Gasteiger partial charge >= 0.3 is 0 Å². The zero-order valence-electron chi connectivity index (χ0n) is 8.28. The number of hydrogen-bond donors (Lipinski definition) is 1. The van der Waals surface area contributed by atoms with Gasteiger partial charge in [0.15, 0.2) is 0 Å². The summed E-state index contributed by atoms with van der Waals surface area (Å²) in [6.07, 6.45) is 1.85. The van der Waals surface area contributed by atoms with Crippen LogP contribution in [0, 0.1) is 0 Å². The molecule has 0 amide bonds. The van der Waals surface area contributed by atoms with Crippen LogP contribution >= 0.6 is 15.9 Å². The van der Waals surface area contributed by atoms with E-state index in [1.54, 1.807) is 0 Å². The molecule has 0 saturated heterocycles. The number of fused-ring (bicyclic) bond motifs is 1. The van der Waals surface area contributed by atoms with Crippen LogP contribution in [0.5, 0.6) is 0 Å². The van der Waals surface area contributed by atoms with Gasteiger partial charge in [0, 0.05) is 11.0 Å². The van der Waals surface area contributed by atoms with Gasteiger partial charge in [-0.2, -0.15) is 0 Å². The fourth-order valence-electron chi connectivity index (χ4n) is 1.64. The highest BCUT2D eigenvalue weighted by atomic mass is 79.9. The van der Waals surface area contributed by atoms with E-state index < -0.39 is 0 Å². The first kappa shape index (κ1) is 10.4. The van der Waals surface area contributed by atoms with E-state index in [-0.39, 0.29) is 0 Å². The van der Waals surface area contributed by atoms with Crippen molar-refractivity contribution in [3.05, 3.63) is 41.2 Å². The lowest BCUT2D eigenvalue weighted by Gasteiger charge is -2.03.